The summed E-state index contributed by atoms with van der Waals surface area (Å²) >= 11 is 4.02. The van der Waals surface area contributed by atoms with E-state index in [0.717, 1.165) is 11.4 Å². The van der Waals surface area contributed by atoms with Crippen LogP contribution in [0.1, 0.15) is 5.69 Å². The highest BCUT2D eigenvalue weighted by Crippen LogP contribution is 1.93. The number of rotatable bonds is 2. The van der Waals surface area contributed by atoms with E-state index in [1.807, 2.05) is 12.2 Å². The Morgan fingerprint density at radius 3 is 3.00 bits per heavy atom. The predicted octanol–water partition coefficient (Wildman–Crippen LogP) is 1.42. The van der Waals surface area contributed by atoms with Crippen LogP contribution in [-0.4, -0.2) is 15.7 Å². The number of hydrogen-bond donors (Lipinski definition) is 1. The van der Waals surface area contributed by atoms with Crippen LogP contribution in [0.2, 0.25) is 0 Å². The summed E-state index contributed by atoms with van der Waals surface area (Å²) in [6.45, 7) is 0. The molecule has 0 aromatic carbocycles. The minimum absolute atomic E-state index is 0.733. The number of aromatic nitrogens is 2. The van der Waals surface area contributed by atoms with Crippen molar-refractivity contribution in [3.05, 3.63) is 30.4 Å². The summed E-state index contributed by atoms with van der Waals surface area (Å²) in [6.07, 6.45) is 8.84. The fraction of sp³-hybridized carbons (Fsp3) is 0.143. The van der Waals surface area contributed by atoms with Crippen LogP contribution < -0.4 is 0 Å². The molecule has 0 aliphatic rings. The maximum absolute atomic E-state index is 4.03. The molecule has 0 aliphatic carbocycles. The second-order valence-corrected chi connectivity index (χ2v) is 2.08. The minimum Gasteiger partial charge on any atom is -0.261 e. The Morgan fingerprint density at radius 2 is 2.40 bits per heavy atom. The highest BCUT2D eigenvalue weighted by Gasteiger charge is 1.81. The molecule has 2 nitrogen and oxygen atoms in total. The number of hydrogen-bond acceptors (Lipinski definition) is 3. The molecule has 0 bridgehead atoms. The van der Waals surface area contributed by atoms with Gasteiger partial charge < -0.3 is 0 Å². The topological polar surface area (TPSA) is 25.8 Å². The zero-order valence-corrected chi connectivity index (χ0v) is 6.33. The lowest BCUT2D eigenvalue weighted by molar-refractivity contribution is 1.18. The Hall–Kier alpha value is -0.830. The van der Waals surface area contributed by atoms with Crippen molar-refractivity contribution < 1.29 is 0 Å². The number of nitrogens with zero attached hydrogens (tertiary/aromatic N) is 2. The molecule has 0 radical (unpaired) electrons. The molecule has 0 atom stereocenters. The van der Waals surface area contributed by atoms with Gasteiger partial charge in [-0.05, 0) is 6.08 Å². The van der Waals surface area contributed by atoms with Crippen molar-refractivity contribution in [2.45, 2.75) is 0 Å². The van der Waals surface area contributed by atoms with Crippen molar-refractivity contribution >= 4 is 18.7 Å². The Labute approximate surface area is 65.4 Å². The second-order valence-electron chi connectivity index (χ2n) is 1.72. The van der Waals surface area contributed by atoms with Crippen LogP contribution in [0.15, 0.2) is 24.7 Å². The molecule has 0 fully saturated rings. The zero-order valence-electron chi connectivity index (χ0n) is 5.44. The molecular weight excluding hydrogens is 144 g/mol. The molecule has 0 saturated heterocycles. The van der Waals surface area contributed by atoms with E-state index in [-0.39, 0.29) is 0 Å². The van der Waals surface area contributed by atoms with Gasteiger partial charge in [-0.1, -0.05) is 6.08 Å². The third-order valence-corrected chi connectivity index (χ3v) is 1.19. The van der Waals surface area contributed by atoms with Crippen molar-refractivity contribution in [1.29, 1.82) is 0 Å². The fourth-order valence-electron chi connectivity index (χ4n) is 0.570. The van der Waals surface area contributed by atoms with Gasteiger partial charge in [0.15, 0.2) is 0 Å². The van der Waals surface area contributed by atoms with Gasteiger partial charge in [0.2, 0.25) is 0 Å². The van der Waals surface area contributed by atoms with E-state index in [9.17, 15) is 0 Å². The highest BCUT2D eigenvalue weighted by molar-refractivity contribution is 7.80. The molecular formula is C7H8N2S. The first-order chi connectivity index (χ1) is 4.93. The standard InChI is InChI=1S/C7H8N2S/c10-5-1-2-7-6-8-3-4-9-7/h1-4,6,10H,5H2. The van der Waals surface area contributed by atoms with Crippen LogP contribution in [0, 0.1) is 0 Å². The van der Waals surface area contributed by atoms with Gasteiger partial charge >= 0.3 is 0 Å². The van der Waals surface area contributed by atoms with Crippen molar-refractivity contribution in [3.8, 4) is 0 Å². The summed E-state index contributed by atoms with van der Waals surface area (Å²) in [4.78, 5) is 7.93. The summed E-state index contributed by atoms with van der Waals surface area (Å²) < 4.78 is 0. The molecule has 1 aromatic heterocycles. The van der Waals surface area contributed by atoms with Crippen LogP contribution in [0.3, 0.4) is 0 Å². The Morgan fingerprint density at radius 1 is 1.50 bits per heavy atom. The van der Waals surface area contributed by atoms with Crippen molar-refractivity contribution in [2.75, 3.05) is 5.75 Å². The predicted molar refractivity (Wildman–Crippen MR) is 44.9 cm³/mol. The molecule has 0 amide bonds. The van der Waals surface area contributed by atoms with Gasteiger partial charge in [-0.25, -0.2) is 0 Å². The molecule has 1 aromatic rings. The van der Waals surface area contributed by atoms with E-state index in [0.29, 0.717) is 0 Å². The third-order valence-electron chi connectivity index (χ3n) is 0.977. The summed E-state index contributed by atoms with van der Waals surface area (Å²) in [7, 11) is 0. The normalized spacial score (nSPS) is 10.5. The Balaban J connectivity index is 2.67. The maximum atomic E-state index is 4.03. The van der Waals surface area contributed by atoms with Crippen molar-refractivity contribution in [2.24, 2.45) is 0 Å². The molecule has 1 heterocycles. The van der Waals surface area contributed by atoms with Crippen LogP contribution >= 0.6 is 12.6 Å². The van der Waals surface area contributed by atoms with Crippen molar-refractivity contribution in [3.63, 3.8) is 0 Å². The molecule has 0 spiro atoms. The summed E-state index contributed by atoms with van der Waals surface area (Å²) in [5.74, 6) is 0.733. The lowest BCUT2D eigenvalue weighted by Gasteiger charge is -1.86. The third kappa shape index (κ3) is 2.19. The fourth-order valence-corrected chi connectivity index (χ4v) is 0.676. The van der Waals surface area contributed by atoms with Gasteiger partial charge in [0.05, 0.1) is 11.9 Å². The van der Waals surface area contributed by atoms with Crippen LogP contribution in [0.25, 0.3) is 6.08 Å². The van der Waals surface area contributed by atoms with E-state index < -0.39 is 0 Å². The molecule has 0 saturated carbocycles. The monoisotopic (exact) mass is 152 g/mol. The molecule has 52 valence electrons. The average molecular weight is 152 g/mol. The molecule has 1 rings (SSSR count). The smallest absolute Gasteiger partial charge is 0.0810 e. The lowest BCUT2D eigenvalue weighted by atomic mass is 10.4. The van der Waals surface area contributed by atoms with E-state index in [2.05, 4.69) is 22.6 Å². The van der Waals surface area contributed by atoms with Gasteiger partial charge in [0.1, 0.15) is 0 Å². The molecule has 0 unspecified atom stereocenters. The molecule has 0 N–H and O–H groups in total. The maximum Gasteiger partial charge on any atom is 0.0810 e. The Kier molecular flexibility index (Phi) is 2.96. The van der Waals surface area contributed by atoms with Crippen LogP contribution in [-0.2, 0) is 0 Å². The average Bonchev–Trinajstić information content (AvgIpc) is 2.03. The quantitative estimate of drug-likeness (QED) is 0.648. The first-order valence-corrected chi connectivity index (χ1v) is 3.60. The number of thiol groups is 1. The zero-order chi connectivity index (χ0) is 7.23. The first-order valence-electron chi connectivity index (χ1n) is 2.97. The Bertz CT molecular complexity index is 208. The van der Waals surface area contributed by atoms with Gasteiger partial charge in [-0.2, -0.15) is 12.6 Å². The largest absolute Gasteiger partial charge is 0.261 e. The SMILES string of the molecule is SCC=Cc1cnccn1. The van der Waals surface area contributed by atoms with Crippen molar-refractivity contribution in [1.82, 2.24) is 9.97 Å². The molecule has 0 aliphatic heterocycles. The van der Waals surface area contributed by atoms with E-state index >= 15 is 0 Å². The lowest BCUT2D eigenvalue weighted by Crippen LogP contribution is -1.79. The van der Waals surface area contributed by atoms with Crippen LogP contribution in [0.4, 0.5) is 0 Å². The summed E-state index contributed by atoms with van der Waals surface area (Å²) in [5.41, 5.74) is 0.872. The minimum atomic E-state index is 0.733. The second kappa shape index (κ2) is 4.06. The van der Waals surface area contributed by atoms with E-state index in [1.165, 1.54) is 0 Å². The van der Waals surface area contributed by atoms with E-state index in [4.69, 9.17) is 0 Å². The van der Waals surface area contributed by atoms with Gasteiger partial charge in [-0.15, -0.1) is 0 Å². The summed E-state index contributed by atoms with van der Waals surface area (Å²) in [5, 5.41) is 0. The van der Waals surface area contributed by atoms with E-state index in [1.54, 1.807) is 18.6 Å². The van der Waals surface area contributed by atoms with Gasteiger partial charge in [0, 0.05) is 18.1 Å². The summed E-state index contributed by atoms with van der Waals surface area (Å²) in [6, 6.07) is 0. The van der Waals surface area contributed by atoms with Crippen LogP contribution in [0.5, 0.6) is 0 Å². The first kappa shape index (κ1) is 7.28. The highest BCUT2D eigenvalue weighted by atomic mass is 32.1. The van der Waals surface area contributed by atoms with Gasteiger partial charge in [-0.3, -0.25) is 9.97 Å². The van der Waals surface area contributed by atoms with Gasteiger partial charge in [0.25, 0.3) is 0 Å². The molecule has 10 heavy (non-hydrogen) atoms. The molecule has 3 heteroatoms.